The van der Waals surface area contributed by atoms with E-state index in [4.69, 9.17) is 9.15 Å². The molecule has 0 spiro atoms. The minimum atomic E-state index is -2.18. The first-order valence-corrected chi connectivity index (χ1v) is 9.19. The van der Waals surface area contributed by atoms with Crippen LogP contribution in [-0.4, -0.2) is 29.8 Å². The Labute approximate surface area is 135 Å². The van der Waals surface area contributed by atoms with Crippen molar-refractivity contribution in [1.82, 2.24) is 0 Å². The van der Waals surface area contributed by atoms with Crippen molar-refractivity contribution in [2.45, 2.75) is 13.5 Å². The van der Waals surface area contributed by atoms with Crippen LogP contribution in [0.15, 0.2) is 39.1 Å². The fourth-order valence-corrected chi connectivity index (χ4v) is 2.56. The fraction of sp³-hybridized carbons (Fsp3) is 0.312. The van der Waals surface area contributed by atoms with Crippen LogP contribution in [0.3, 0.4) is 0 Å². The zero-order valence-electron chi connectivity index (χ0n) is 13.5. The molecule has 0 fully saturated rings. The maximum atomic E-state index is 11.6. The summed E-state index contributed by atoms with van der Waals surface area (Å²) in [5.41, 5.74) is 1.33. The van der Waals surface area contributed by atoms with E-state index >= 15 is 0 Å². The van der Waals surface area contributed by atoms with Crippen molar-refractivity contribution in [3.05, 3.63) is 47.4 Å². The zero-order valence-corrected chi connectivity index (χ0v) is 14.3. The standard InChI is InChI=1S/C16H19NO5S/c1-11-9-14(22-15(11)16(18)20-2)10-21-13-7-5-12(6-8-13)17-23(3,4)19/h5-9H,10H2,1-4H3. The SMILES string of the molecule is COC(=O)c1oc(COc2ccc(N=S(C)(C)=O)cc2)cc1C. The first kappa shape index (κ1) is 17.1. The van der Waals surface area contributed by atoms with Gasteiger partial charge < -0.3 is 13.9 Å². The molecule has 1 heterocycles. The smallest absolute Gasteiger partial charge is 0.374 e. The van der Waals surface area contributed by atoms with Crippen LogP contribution < -0.4 is 4.74 Å². The molecule has 0 N–H and O–H groups in total. The quantitative estimate of drug-likeness (QED) is 0.782. The van der Waals surface area contributed by atoms with E-state index in [1.807, 2.05) is 0 Å². The van der Waals surface area contributed by atoms with Crippen molar-refractivity contribution in [3.63, 3.8) is 0 Å². The number of benzene rings is 1. The fourth-order valence-electron chi connectivity index (χ4n) is 1.93. The lowest BCUT2D eigenvalue weighted by molar-refractivity contribution is 0.0560. The number of aryl methyl sites for hydroxylation is 1. The van der Waals surface area contributed by atoms with Gasteiger partial charge in [-0.1, -0.05) is 0 Å². The summed E-state index contributed by atoms with van der Waals surface area (Å²) in [4.78, 5) is 11.5. The van der Waals surface area contributed by atoms with Gasteiger partial charge >= 0.3 is 5.97 Å². The lowest BCUT2D eigenvalue weighted by atomic mass is 10.2. The molecule has 0 bridgehead atoms. The summed E-state index contributed by atoms with van der Waals surface area (Å²) in [5.74, 6) is 0.821. The number of carbonyl (C=O) groups excluding carboxylic acids is 1. The van der Waals surface area contributed by atoms with E-state index < -0.39 is 15.7 Å². The minimum Gasteiger partial charge on any atom is -0.486 e. The molecule has 0 saturated heterocycles. The first-order valence-electron chi connectivity index (χ1n) is 6.86. The maximum Gasteiger partial charge on any atom is 0.374 e. The summed E-state index contributed by atoms with van der Waals surface area (Å²) >= 11 is 0. The van der Waals surface area contributed by atoms with Gasteiger partial charge in [-0.2, -0.15) is 4.36 Å². The van der Waals surface area contributed by atoms with Crippen LogP contribution in [0.2, 0.25) is 0 Å². The number of furan rings is 1. The number of methoxy groups -OCH3 is 1. The van der Waals surface area contributed by atoms with E-state index in [2.05, 4.69) is 9.10 Å². The molecule has 0 unspecified atom stereocenters. The van der Waals surface area contributed by atoms with Gasteiger partial charge in [-0.3, -0.25) is 0 Å². The second-order valence-corrected chi connectivity index (χ2v) is 7.82. The van der Waals surface area contributed by atoms with Crippen LogP contribution in [0.25, 0.3) is 0 Å². The Morgan fingerprint density at radius 3 is 2.48 bits per heavy atom. The molecule has 0 aliphatic rings. The van der Waals surface area contributed by atoms with Crippen molar-refractivity contribution in [2.75, 3.05) is 19.6 Å². The van der Waals surface area contributed by atoms with Gasteiger partial charge in [0.25, 0.3) is 0 Å². The summed E-state index contributed by atoms with van der Waals surface area (Å²) < 4.78 is 31.4. The highest BCUT2D eigenvalue weighted by atomic mass is 32.2. The third-order valence-corrected chi connectivity index (χ3v) is 3.53. The van der Waals surface area contributed by atoms with Crippen molar-refractivity contribution in [1.29, 1.82) is 0 Å². The Kier molecular flexibility index (Phi) is 5.10. The predicted octanol–water partition coefficient (Wildman–Crippen LogP) is 3.31. The molecule has 6 nitrogen and oxygen atoms in total. The number of hydrogen-bond donors (Lipinski definition) is 0. The van der Waals surface area contributed by atoms with E-state index in [1.54, 1.807) is 49.8 Å². The van der Waals surface area contributed by atoms with Crippen LogP contribution in [0, 0.1) is 6.92 Å². The van der Waals surface area contributed by atoms with Crippen molar-refractivity contribution in [2.24, 2.45) is 4.36 Å². The molecule has 0 aliphatic carbocycles. The average Bonchev–Trinajstić information content (AvgIpc) is 2.85. The van der Waals surface area contributed by atoms with Crippen molar-refractivity contribution in [3.8, 4) is 5.75 Å². The summed E-state index contributed by atoms with van der Waals surface area (Å²) in [5, 5.41) is 0. The van der Waals surface area contributed by atoms with E-state index in [-0.39, 0.29) is 12.4 Å². The Morgan fingerprint density at radius 2 is 1.91 bits per heavy atom. The Morgan fingerprint density at radius 1 is 1.26 bits per heavy atom. The van der Waals surface area contributed by atoms with Crippen LogP contribution in [0.4, 0.5) is 5.69 Å². The van der Waals surface area contributed by atoms with Gasteiger partial charge in [-0.25, -0.2) is 9.00 Å². The number of nitrogens with zero attached hydrogens (tertiary/aromatic N) is 1. The second kappa shape index (κ2) is 6.87. The normalized spacial score (nSPS) is 11.1. The predicted molar refractivity (Wildman–Crippen MR) is 87.6 cm³/mol. The molecule has 7 heteroatoms. The van der Waals surface area contributed by atoms with E-state index in [0.29, 0.717) is 22.8 Å². The molecule has 23 heavy (non-hydrogen) atoms. The molecule has 0 amide bonds. The molecule has 0 atom stereocenters. The molecule has 2 rings (SSSR count). The molecule has 0 saturated carbocycles. The lowest BCUT2D eigenvalue weighted by Crippen LogP contribution is -2.00. The van der Waals surface area contributed by atoms with Crippen LogP contribution in [0.5, 0.6) is 5.75 Å². The molecule has 0 radical (unpaired) electrons. The number of esters is 1. The highest BCUT2D eigenvalue weighted by Gasteiger charge is 2.16. The average molecular weight is 337 g/mol. The molecule has 1 aromatic heterocycles. The summed E-state index contributed by atoms with van der Waals surface area (Å²) in [7, 11) is -0.879. The monoisotopic (exact) mass is 337 g/mol. The first-order chi connectivity index (χ1) is 10.8. The molecule has 0 aliphatic heterocycles. The van der Waals surface area contributed by atoms with Gasteiger partial charge in [0.1, 0.15) is 18.1 Å². The Hall–Kier alpha value is -2.28. The molecular weight excluding hydrogens is 318 g/mol. The van der Waals surface area contributed by atoms with Crippen LogP contribution >= 0.6 is 0 Å². The highest BCUT2D eigenvalue weighted by Crippen LogP contribution is 2.21. The minimum absolute atomic E-state index is 0.181. The van der Waals surface area contributed by atoms with Gasteiger partial charge in [-0.05, 0) is 37.3 Å². The van der Waals surface area contributed by atoms with Gasteiger partial charge in [0.15, 0.2) is 0 Å². The highest BCUT2D eigenvalue weighted by molar-refractivity contribution is 7.92. The Balaban J connectivity index is 2.04. The van der Waals surface area contributed by atoms with Crippen molar-refractivity contribution >= 4 is 21.4 Å². The number of hydrogen-bond acceptors (Lipinski definition) is 6. The van der Waals surface area contributed by atoms with Gasteiger partial charge in [0, 0.05) is 27.8 Å². The van der Waals surface area contributed by atoms with Gasteiger partial charge in [0.2, 0.25) is 5.76 Å². The summed E-state index contributed by atoms with van der Waals surface area (Å²) in [6, 6.07) is 8.67. The third-order valence-electron chi connectivity index (χ3n) is 2.88. The van der Waals surface area contributed by atoms with Gasteiger partial charge in [0.05, 0.1) is 12.8 Å². The molecule has 1 aromatic carbocycles. The summed E-state index contributed by atoms with van der Waals surface area (Å²) in [6.07, 6.45) is 3.16. The maximum absolute atomic E-state index is 11.6. The topological polar surface area (TPSA) is 78.1 Å². The van der Waals surface area contributed by atoms with E-state index in [1.165, 1.54) is 7.11 Å². The van der Waals surface area contributed by atoms with Crippen LogP contribution in [-0.2, 0) is 21.1 Å². The zero-order chi connectivity index (χ0) is 17.0. The third kappa shape index (κ3) is 4.85. The Bertz CT molecular complexity index is 805. The lowest BCUT2D eigenvalue weighted by Gasteiger charge is -2.04. The molecular formula is C16H19NO5S. The molecule has 124 valence electrons. The summed E-state index contributed by atoms with van der Waals surface area (Å²) in [6.45, 7) is 1.95. The number of carbonyl (C=O) groups is 1. The largest absolute Gasteiger partial charge is 0.486 e. The van der Waals surface area contributed by atoms with Gasteiger partial charge in [-0.15, -0.1) is 0 Å². The molecule has 2 aromatic rings. The van der Waals surface area contributed by atoms with E-state index in [9.17, 15) is 9.00 Å². The number of ether oxygens (including phenoxy) is 2. The van der Waals surface area contributed by atoms with Crippen LogP contribution in [0.1, 0.15) is 21.9 Å². The second-order valence-electron chi connectivity index (χ2n) is 5.27. The number of rotatable bonds is 5. The van der Waals surface area contributed by atoms with E-state index in [0.717, 1.165) is 0 Å². The van der Waals surface area contributed by atoms with Crippen molar-refractivity contribution < 1.29 is 22.9 Å².